The lowest BCUT2D eigenvalue weighted by Gasteiger charge is -2.00. The standard InChI is InChI=1S/C9H9N5O/c1-14-8(9(10)15)6(5-12-14)7-3-2-4-11-13-7/h2-5H,1H3,(H2,10,15). The second-order valence-electron chi connectivity index (χ2n) is 3.00. The summed E-state index contributed by atoms with van der Waals surface area (Å²) in [6.07, 6.45) is 3.11. The van der Waals surface area contributed by atoms with Gasteiger partial charge in [-0.15, -0.1) is 0 Å². The van der Waals surface area contributed by atoms with Gasteiger partial charge >= 0.3 is 0 Å². The number of carbonyl (C=O) groups is 1. The Labute approximate surface area is 85.7 Å². The van der Waals surface area contributed by atoms with Gasteiger partial charge in [0.15, 0.2) is 0 Å². The van der Waals surface area contributed by atoms with Crippen LogP contribution in [0, 0.1) is 0 Å². The summed E-state index contributed by atoms with van der Waals surface area (Å²) in [6, 6.07) is 3.48. The van der Waals surface area contributed by atoms with Crippen LogP contribution in [-0.4, -0.2) is 25.9 Å². The molecule has 1 amide bonds. The Balaban J connectivity index is 2.59. The van der Waals surface area contributed by atoms with Crippen molar-refractivity contribution in [1.29, 1.82) is 0 Å². The fourth-order valence-corrected chi connectivity index (χ4v) is 1.36. The minimum absolute atomic E-state index is 0.329. The second kappa shape index (κ2) is 3.49. The molecule has 0 saturated heterocycles. The smallest absolute Gasteiger partial charge is 0.267 e. The van der Waals surface area contributed by atoms with Crippen LogP contribution in [-0.2, 0) is 7.05 Å². The van der Waals surface area contributed by atoms with E-state index in [4.69, 9.17) is 5.73 Å². The van der Waals surface area contributed by atoms with Gasteiger partial charge in [-0.1, -0.05) is 0 Å². The summed E-state index contributed by atoms with van der Waals surface area (Å²) in [6.45, 7) is 0. The summed E-state index contributed by atoms with van der Waals surface area (Å²) in [5.41, 5.74) is 6.76. The van der Waals surface area contributed by atoms with Gasteiger partial charge in [0, 0.05) is 13.2 Å². The average molecular weight is 203 g/mol. The number of carbonyl (C=O) groups excluding carboxylic acids is 1. The number of aromatic nitrogens is 4. The van der Waals surface area contributed by atoms with E-state index in [2.05, 4.69) is 15.3 Å². The quantitative estimate of drug-likeness (QED) is 0.742. The highest BCUT2D eigenvalue weighted by Crippen LogP contribution is 2.19. The topological polar surface area (TPSA) is 86.7 Å². The van der Waals surface area contributed by atoms with Crippen LogP contribution >= 0.6 is 0 Å². The van der Waals surface area contributed by atoms with Gasteiger partial charge in [-0.2, -0.15) is 15.3 Å². The van der Waals surface area contributed by atoms with Crippen molar-refractivity contribution in [3.05, 3.63) is 30.2 Å². The van der Waals surface area contributed by atoms with Crippen molar-refractivity contribution in [3.8, 4) is 11.3 Å². The van der Waals surface area contributed by atoms with Gasteiger partial charge in [0.25, 0.3) is 5.91 Å². The lowest BCUT2D eigenvalue weighted by Crippen LogP contribution is -2.17. The number of nitrogens with two attached hydrogens (primary N) is 1. The number of hydrogen-bond acceptors (Lipinski definition) is 4. The molecule has 0 aliphatic carbocycles. The van der Waals surface area contributed by atoms with Crippen LogP contribution in [0.1, 0.15) is 10.5 Å². The van der Waals surface area contributed by atoms with Gasteiger partial charge < -0.3 is 5.73 Å². The van der Waals surface area contributed by atoms with E-state index in [1.54, 1.807) is 31.6 Å². The van der Waals surface area contributed by atoms with Gasteiger partial charge in [0.2, 0.25) is 0 Å². The van der Waals surface area contributed by atoms with Crippen LogP contribution in [0.15, 0.2) is 24.5 Å². The van der Waals surface area contributed by atoms with Gasteiger partial charge in [-0.25, -0.2) is 0 Å². The normalized spacial score (nSPS) is 10.2. The summed E-state index contributed by atoms with van der Waals surface area (Å²) in [5.74, 6) is -0.532. The molecule has 2 aromatic rings. The molecule has 15 heavy (non-hydrogen) atoms. The second-order valence-corrected chi connectivity index (χ2v) is 3.00. The number of nitrogens with zero attached hydrogens (tertiary/aromatic N) is 4. The van der Waals surface area contributed by atoms with Gasteiger partial charge in [-0.05, 0) is 12.1 Å². The van der Waals surface area contributed by atoms with Crippen molar-refractivity contribution < 1.29 is 4.79 Å². The molecule has 0 spiro atoms. The average Bonchev–Trinajstić information content (AvgIpc) is 2.61. The number of hydrogen-bond donors (Lipinski definition) is 1. The molecule has 6 nitrogen and oxygen atoms in total. The molecule has 2 rings (SSSR count). The summed E-state index contributed by atoms with van der Waals surface area (Å²) in [5, 5.41) is 11.6. The number of rotatable bonds is 2. The van der Waals surface area contributed by atoms with Gasteiger partial charge in [0.1, 0.15) is 5.69 Å². The fourth-order valence-electron chi connectivity index (χ4n) is 1.36. The SMILES string of the molecule is Cn1ncc(-c2cccnn2)c1C(N)=O. The number of amides is 1. The lowest BCUT2D eigenvalue weighted by molar-refractivity contribution is 0.0992. The summed E-state index contributed by atoms with van der Waals surface area (Å²) < 4.78 is 1.42. The first-order valence-corrected chi connectivity index (χ1v) is 4.30. The Morgan fingerprint density at radius 1 is 1.53 bits per heavy atom. The highest BCUT2D eigenvalue weighted by Gasteiger charge is 2.16. The zero-order chi connectivity index (χ0) is 10.8. The first-order valence-electron chi connectivity index (χ1n) is 4.30. The van der Waals surface area contributed by atoms with E-state index in [9.17, 15) is 4.79 Å². The van der Waals surface area contributed by atoms with Gasteiger partial charge in [-0.3, -0.25) is 9.48 Å². The van der Waals surface area contributed by atoms with Crippen LogP contribution in [0.5, 0.6) is 0 Å². The zero-order valence-corrected chi connectivity index (χ0v) is 8.08. The molecule has 0 bridgehead atoms. The molecule has 0 fully saturated rings. The highest BCUT2D eigenvalue weighted by atomic mass is 16.1. The van der Waals surface area contributed by atoms with Crippen LogP contribution in [0.4, 0.5) is 0 Å². The van der Waals surface area contributed by atoms with E-state index < -0.39 is 5.91 Å². The van der Waals surface area contributed by atoms with Crippen molar-refractivity contribution in [1.82, 2.24) is 20.0 Å². The third kappa shape index (κ3) is 1.56. The number of aryl methyl sites for hydroxylation is 1. The van der Waals surface area contributed by atoms with Crippen molar-refractivity contribution in [2.45, 2.75) is 0 Å². The minimum Gasteiger partial charge on any atom is -0.364 e. The van der Waals surface area contributed by atoms with Crippen molar-refractivity contribution in [3.63, 3.8) is 0 Å². The Hall–Kier alpha value is -2.24. The molecule has 0 aliphatic heterocycles. The zero-order valence-electron chi connectivity index (χ0n) is 8.08. The third-order valence-corrected chi connectivity index (χ3v) is 2.02. The summed E-state index contributed by atoms with van der Waals surface area (Å²) in [4.78, 5) is 11.2. The van der Waals surface area contributed by atoms with Crippen LogP contribution in [0.3, 0.4) is 0 Å². The first-order chi connectivity index (χ1) is 7.20. The molecule has 0 unspecified atom stereocenters. The molecule has 2 N–H and O–H groups in total. The molecule has 0 saturated carbocycles. The van der Waals surface area contributed by atoms with Crippen LogP contribution in [0.25, 0.3) is 11.3 Å². The van der Waals surface area contributed by atoms with E-state index in [1.807, 2.05) is 0 Å². The Morgan fingerprint density at radius 3 is 2.93 bits per heavy atom. The van der Waals surface area contributed by atoms with E-state index in [-0.39, 0.29) is 0 Å². The predicted molar refractivity (Wildman–Crippen MR) is 52.8 cm³/mol. The van der Waals surface area contributed by atoms with Crippen LogP contribution in [0.2, 0.25) is 0 Å². The monoisotopic (exact) mass is 203 g/mol. The molecule has 6 heteroatoms. The molecule has 76 valence electrons. The third-order valence-electron chi connectivity index (χ3n) is 2.02. The maximum absolute atomic E-state index is 11.2. The molecule has 2 aromatic heterocycles. The van der Waals surface area contributed by atoms with Crippen LogP contribution < -0.4 is 5.73 Å². The minimum atomic E-state index is -0.532. The molecular formula is C9H9N5O. The fraction of sp³-hybridized carbons (Fsp3) is 0.111. The number of primary amides is 1. The van der Waals surface area contributed by atoms with Crippen molar-refractivity contribution >= 4 is 5.91 Å². The summed E-state index contributed by atoms with van der Waals surface area (Å²) >= 11 is 0. The molecule has 0 radical (unpaired) electrons. The summed E-state index contributed by atoms with van der Waals surface area (Å²) in [7, 11) is 1.65. The maximum atomic E-state index is 11.2. The lowest BCUT2D eigenvalue weighted by atomic mass is 10.1. The van der Waals surface area contributed by atoms with Crippen molar-refractivity contribution in [2.24, 2.45) is 12.8 Å². The maximum Gasteiger partial charge on any atom is 0.267 e. The van der Waals surface area contributed by atoms with E-state index in [1.165, 1.54) is 4.68 Å². The highest BCUT2D eigenvalue weighted by molar-refractivity contribution is 5.97. The van der Waals surface area contributed by atoms with E-state index in [0.717, 1.165) is 0 Å². The molecule has 0 atom stereocenters. The van der Waals surface area contributed by atoms with E-state index >= 15 is 0 Å². The van der Waals surface area contributed by atoms with Gasteiger partial charge in [0.05, 0.1) is 17.5 Å². The molecule has 2 heterocycles. The predicted octanol–water partition coefficient (Wildman–Crippen LogP) is -0.0240. The molecular weight excluding hydrogens is 194 g/mol. The largest absolute Gasteiger partial charge is 0.364 e. The Morgan fingerprint density at radius 2 is 2.33 bits per heavy atom. The Bertz CT molecular complexity index is 490. The van der Waals surface area contributed by atoms with Crippen molar-refractivity contribution in [2.75, 3.05) is 0 Å². The molecule has 0 aromatic carbocycles. The first kappa shape index (κ1) is 9.32. The Kier molecular flexibility index (Phi) is 2.17. The molecule has 0 aliphatic rings. The van der Waals surface area contributed by atoms with E-state index in [0.29, 0.717) is 17.0 Å².